The van der Waals surface area contributed by atoms with E-state index in [0.29, 0.717) is 0 Å². The largest absolute Gasteiger partial charge is 0.379 e. The van der Waals surface area contributed by atoms with Gasteiger partial charge in [0.1, 0.15) is 5.82 Å². The fourth-order valence-electron chi connectivity index (χ4n) is 2.57. The standard InChI is InChI=1S/C14H17FN2O/c1-16-9-11(10-17-4-6-18-7-5-17)13-8-12(15)2-3-14(13)16/h2-3,8-9H,4-7,10H2,1H3. The molecule has 3 rings (SSSR count). The second-order valence-corrected chi connectivity index (χ2v) is 4.82. The van der Waals surface area contributed by atoms with Crippen molar-refractivity contribution in [1.82, 2.24) is 9.47 Å². The van der Waals surface area contributed by atoms with E-state index in [2.05, 4.69) is 15.7 Å². The van der Waals surface area contributed by atoms with Crippen LogP contribution in [-0.2, 0) is 18.3 Å². The van der Waals surface area contributed by atoms with E-state index in [1.54, 1.807) is 6.07 Å². The van der Waals surface area contributed by atoms with E-state index in [9.17, 15) is 4.39 Å². The van der Waals surface area contributed by atoms with Crippen LogP contribution in [0.15, 0.2) is 24.4 Å². The minimum Gasteiger partial charge on any atom is -0.379 e. The fourth-order valence-corrected chi connectivity index (χ4v) is 2.57. The number of benzene rings is 1. The lowest BCUT2D eigenvalue weighted by Crippen LogP contribution is -2.35. The van der Waals surface area contributed by atoms with Crippen LogP contribution in [0.3, 0.4) is 0 Å². The van der Waals surface area contributed by atoms with E-state index in [-0.39, 0.29) is 5.82 Å². The molecule has 1 fully saturated rings. The molecule has 1 saturated heterocycles. The number of fused-ring (bicyclic) bond motifs is 1. The summed E-state index contributed by atoms with van der Waals surface area (Å²) in [5.41, 5.74) is 2.27. The molecule has 0 radical (unpaired) electrons. The molecular formula is C14H17FN2O. The van der Waals surface area contributed by atoms with Crippen LogP contribution in [0.1, 0.15) is 5.56 Å². The Labute approximate surface area is 106 Å². The van der Waals surface area contributed by atoms with E-state index in [0.717, 1.165) is 43.8 Å². The molecule has 0 unspecified atom stereocenters. The number of nitrogens with zero attached hydrogens (tertiary/aromatic N) is 2. The molecule has 0 aliphatic carbocycles. The molecule has 2 heterocycles. The van der Waals surface area contributed by atoms with Crippen molar-refractivity contribution in [2.45, 2.75) is 6.54 Å². The van der Waals surface area contributed by atoms with Crippen molar-refractivity contribution < 1.29 is 9.13 Å². The maximum Gasteiger partial charge on any atom is 0.123 e. The van der Waals surface area contributed by atoms with E-state index in [4.69, 9.17) is 4.74 Å². The number of halogens is 1. The van der Waals surface area contributed by atoms with Gasteiger partial charge in [-0.15, -0.1) is 0 Å². The highest BCUT2D eigenvalue weighted by Crippen LogP contribution is 2.23. The molecule has 1 aromatic heterocycles. The zero-order valence-corrected chi connectivity index (χ0v) is 10.5. The summed E-state index contributed by atoms with van der Waals surface area (Å²) in [6, 6.07) is 4.99. The first-order chi connectivity index (χ1) is 8.74. The number of hydrogen-bond acceptors (Lipinski definition) is 2. The highest BCUT2D eigenvalue weighted by Gasteiger charge is 2.14. The summed E-state index contributed by atoms with van der Waals surface area (Å²) in [7, 11) is 2.00. The molecular weight excluding hydrogens is 231 g/mol. The van der Waals surface area contributed by atoms with Crippen molar-refractivity contribution in [1.29, 1.82) is 0 Å². The van der Waals surface area contributed by atoms with Gasteiger partial charge in [-0.25, -0.2) is 4.39 Å². The zero-order valence-electron chi connectivity index (χ0n) is 10.5. The summed E-state index contributed by atoms with van der Waals surface area (Å²) in [6.07, 6.45) is 2.10. The summed E-state index contributed by atoms with van der Waals surface area (Å²) < 4.78 is 20.8. The van der Waals surface area contributed by atoms with Gasteiger partial charge >= 0.3 is 0 Å². The molecule has 2 aromatic rings. The Morgan fingerprint density at radius 1 is 1.28 bits per heavy atom. The van der Waals surface area contributed by atoms with E-state index in [1.165, 1.54) is 11.6 Å². The Kier molecular flexibility index (Phi) is 3.06. The third kappa shape index (κ3) is 2.13. The van der Waals surface area contributed by atoms with Crippen LogP contribution in [0.5, 0.6) is 0 Å². The number of aryl methyl sites for hydroxylation is 1. The highest BCUT2D eigenvalue weighted by atomic mass is 19.1. The average Bonchev–Trinajstić information content (AvgIpc) is 2.67. The molecule has 0 spiro atoms. The predicted octanol–water partition coefficient (Wildman–Crippen LogP) is 2.15. The minimum absolute atomic E-state index is 0.170. The number of aromatic nitrogens is 1. The quantitative estimate of drug-likeness (QED) is 0.810. The molecule has 18 heavy (non-hydrogen) atoms. The van der Waals surface area contributed by atoms with Gasteiger partial charge in [-0.3, -0.25) is 4.90 Å². The van der Waals surface area contributed by atoms with Crippen molar-refractivity contribution in [2.24, 2.45) is 7.05 Å². The second kappa shape index (κ2) is 4.71. The lowest BCUT2D eigenvalue weighted by Gasteiger charge is -2.26. The van der Waals surface area contributed by atoms with E-state index < -0.39 is 0 Å². The number of rotatable bonds is 2. The molecule has 1 aromatic carbocycles. The van der Waals surface area contributed by atoms with Gasteiger partial charge in [-0.1, -0.05) is 0 Å². The van der Waals surface area contributed by atoms with Gasteiger partial charge in [0.2, 0.25) is 0 Å². The van der Waals surface area contributed by atoms with E-state index in [1.807, 2.05) is 13.1 Å². The van der Waals surface area contributed by atoms with E-state index >= 15 is 0 Å². The van der Waals surface area contributed by atoms with Crippen molar-refractivity contribution in [2.75, 3.05) is 26.3 Å². The van der Waals surface area contributed by atoms with Crippen LogP contribution < -0.4 is 0 Å². The van der Waals surface area contributed by atoms with Crippen LogP contribution in [-0.4, -0.2) is 35.8 Å². The van der Waals surface area contributed by atoms with Gasteiger partial charge in [-0.2, -0.15) is 0 Å². The number of morpholine rings is 1. The molecule has 1 aliphatic rings. The Hall–Kier alpha value is -1.39. The van der Waals surface area contributed by atoms with Crippen molar-refractivity contribution in [3.63, 3.8) is 0 Å². The molecule has 0 N–H and O–H groups in total. The van der Waals surface area contributed by atoms with Gasteiger partial charge in [-0.05, 0) is 23.8 Å². The van der Waals surface area contributed by atoms with Crippen LogP contribution in [0.25, 0.3) is 10.9 Å². The van der Waals surface area contributed by atoms with Crippen molar-refractivity contribution in [3.05, 3.63) is 35.8 Å². The minimum atomic E-state index is -0.170. The van der Waals surface area contributed by atoms with Gasteiger partial charge in [0.05, 0.1) is 13.2 Å². The van der Waals surface area contributed by atoms with Gasteiger partial charge in [0, 0.05) is 43.8 Å². The lowest BCUT2D eigenvalue weighted by molar-refractivity contribution is 0.0343. The third-order valence-corrected chi connectivity index (χ3v) is 3.53. The summed E-state index contributed by atoms with van der Waals surface area (Å²) in [5, 5.41) is 1.02. The molecule has 0 amide bonds. The van der Waals surface area contributed by atoms with Crippen LogP contribution in [0.4, 0.5) is 4.39 Å². The molecule has 1 aliphatic heterocycles. The molecule has 4 heteroatoms. The normalized spacial score (nSPS) is 17.4. The Bertz CT molecular complexity index is 558. The predicted molar refractivity (Wildman–Crippen MR) is 69.0 cm³/mol. The van der Waals surface area contributed by atoms with Crippen LogP contribution in [0, 0.1) is 5.82 Å². The lowest BCUT2D eigenvalue weighted by atomic mass is 10.1. The van der Waals surface area contributed by atoms with Crippen molar-refractivity contribution >= 4 is 10.9 Å². The molecule has 96 valence electrons. The summed E-state index contributed by atoms with van der Waals surface area (Å²) in [4.78, 5) is 2.35. The SMILES string of the molecule is Cn1cc(CN2CCOCC2)c2cc(F)ccc21. The van der Waals surface area contributed by atoms with Crippen LogP contribution in [0.2, 0.25) is 0 Å². The maximum atomic E-state index is 13.4. The zero-order chi connectivity index (χ0) is 12.5. The molecule has 0 saturated carbocycles. The Balaban J connectivity index is 1.93. The topological polar surface area (TPSA) is 17.4 Å². The summed E-state index contributed by atoms with van der Waals surface area (Å²) >= 11 is 0. The first-order valence-corrected chi connectivity index (χ1v) is 6.27. The Morgan fingerprint density at radius 2 is 2.06 bits per heavy atom. The average molecular weight is 248 g/mol. The number of hydrogen-bond donors (Lipinski definition) is 0. The monoisotopic (exact) mass is 248 g/mol. The second-order valence-electron chi connectivity index (χ2n) is 4.82. The summed E-state index contributed by atoms with van der Waals surface area (Å²) in [6.45, 7) is 4.35. The van der Waals surface area contributed by atoms with Gasteiger partial charge in [0.25, 0.3) is 0 Å². The smallest absolute Gasteiger partial charge is 0.123 e. The van der Waals surface area contributed by atoms with Gasteiger partial charge < -0.3 is 9.30 Å². The first kappa shape index (κ1) is 11.7. The fraction of sp³-hybridized carbons (Fsp3) is 0.429. The first-order valence-electron chi connectivity index (χ1n) is 6.27. The highest BCUT2D eigenvalue weighted by molar-refractivity contribution is 5.84. The summed E-state index contributed by atoms with van der Waals surface area (Å²) in [5.74, 6) is -0.170. The maximum absolute atomic E-state index is 13.4. The number of ether oxygens (including phenoxy) is 1. The van der Waals surface area contributed by atoms with Crippen molar-refractivity contribution in [3.8, 4) is 0 Å². The van der Waals surface area contributed by atoms with Crippen LogP contribution >= 0.6 is 0 Å². The third-order valence-electron chi connectivity index (χ3n) is 3.53. The Morgan fingerprint density at radius 3 is 2.83 bits per heavy atom. The molecule has 0 bridgehead atoms. The van der Waals surface area contributed by atoms with Gasteiger partial charge in [0.15, 0.2) is 0 Å². The molecule has 0 atom stereocenters. The molecule has 3 nitrogen and oxygen atoms in total.